The van der Waals surface area contributed by atoms with Gasteiger partial charge in [-0.2, -0.15) is 5.10 Å². The van der Waals surface area contributed by atoms with Crippen LogP contribution < -0.4 is 5.73 Å². The Hall–Kier alpha value is -1.89. The third kappa shape index (κ3) is 2.92. The van der Waals surface area contributed by atoms with Crippen molar-refractivity contribution in [2.75, 3.05) is 19.7 Å². The lowest BCUT2D eigenvalue weighted by Gasteiger charge is -2.53. The number of rotatable bonds is 5. The van der Waals surface area contributed by atoms with Crippen LogP contribution in [0.2, 0.25) is 0 Å². The summed E-state index contributed by atoms with van der Waals surface area (Å²) in [5.74, 6) is -0.357. The summed E-state index contributed by atoms with van der Waals surface area (Å²) < 4.78 is 7.50. The largest absolute Gasteiger partial charge is 0.368 e. The Balaban J connectivity index is 1.59. The summed E-state index contributed by atoms with van der Waals surface area (Å²) in [5, 5.41) is 4.26. The molecule has 0 radical (unpaired) electrons. The second-order valence-electron chi connectivity index (χ2n) is 6.92. The molecule has 1 saturated heterocycles. The van der Waals surface area contributed by atoms with Crippen LogP contribution in [0.4, 0.5) is 0 Å². The number of carbonyl (C=O) groups excluding carboxylic acids is 2. The fraction of sp³-hybridized carbons (Fsp3) is 0.706. The molecule has 0 aromatic carbocycles. The number of piperidine rings is 1. The first-order chi connectivity index (χ1) is 11.5. The maximum Gasteiger partial charge on any atom is 0.257 e. The first-order valence-electron chi connectivity index (χ1n) is 8.68. The lowest BCUT2D eigenvalue weighted by Crippen LogP contribution is -2.54. The van der Waals surface area contributed by atoms with Crippen molar-refractivity contribution >= 4 is 11.8 Å². The van der Waals surface area contributed by atoms with Crippen LogP contribution >= 0.6 is 0 Å². The van der Waals surface area contributed by atoms with Gasteiger partial charge in [-0.1, -0.05) is 0 Å². The predicted octanol–water partition coefficient (Wildman–Crippen LogP) is 1.10. The molecular formula is C17H26N4O3. The van der Waals surface area contributed by atoms with Crippen molar-refractivity contribution in [2.24, 2.45) is 11.1 Å². The highest BCUT2D eigenvalue weighted by Crippen LogP contribution is 2.50. The number of aryl methyl sites for hydroxylation is 1. The molecule has 24 heavy (non-hydrogen) atoms. The van der Waals surface area contributed by atoms with Crippen LogP contribution in [-0.2, 0) is 16.1 Å². The lowest BCUT2D eigenvalue weighted by atomic mass is 9.60. The van der Waals surface area contributed by atoms with E-state index < -0.39 is 5.91 Å². The van der Waals surface area contributed by atoms with Crippen LogP contribution in [0, 0.1) is 12.3 Å². The second-order valence-corrected chi connectivity index (χ2v) is 6.92. The zero-order chi connectivity index (χ0) is 17.3. The number of carbonyl (C=O) groups is 2. The molecule has 1 aliphatic heterocycles. The molecule has 1 unspecified atom stereocenters. The first-order valence-corrected chi connectivity index (χ1v) is 8.68. The molecule has 2 amide bonds. The molecule has 1 atom stereocenters. The third-order valence-electron chi connectivity index (χ3n) is 5.69. The monoisotopic (exact) mass is 334 g/mol. The highest BCUT2D eigenvalue weighted by Gasteiger charge is 2.49. The van der Waals surface area contributed by atoms with Gasteiger partial charge in [0, 0.05) is 30.7 Å². The van der Waals surface area contributed by atoms with E-state index in [2.05, 4.69) is 5.10 Å². The van der Waals surface area contributed by atoms with E-state index in [0.29, 0.717) is 5.56 Å². The predicted molar refractivity (Wildman–Crippen MR) is 88.4 cm³/mol. The van der Waals surface area contributed by atoms with E-state index in [-0.39, 0.29) is 24.0 Å². The summed E-state index contributed by atoms with van der Waals surface area (Å²) >= 11 is 0. The SMILES string of the molecule is CCn1ncc(C(=O)N2CCC3(CCC3OCC(N)=O)CC2)c1C. The molecule has 2 aliphatic rings. The highest BCUT2D eigenvalue weighted by molar-refractivity contribution is 5.95. The number of nitrogens with zero attached hydrogens (tertiary/aromatic N) is 3. The summed E-state index contributed by atoms with van der Waals surface area (Å²) in [5.41, 5.74) is 6.91. The Morgan fingerprint density at radius 1 is 1.38 bits per heavy atom. The molecule has 2 N–H and O–H groups in total. The van der Waals surface area contributed by atoms with Gasteiger partial charge in [-0.05, 0) is 39.5 Å². The van der Waals surface area contributed by atoms with Crippen molar-refractivity contribution in [1.82, 2.24) is 14.7 Å². The number of primary amides is 1. The average molecular weight is 334 g/mol. The van der Waals surface area contributed by atoms with Crippen LogP contribution in [0.25, 0.3) is 0 Å². The fourth-order valence-electron chi connectivity index (χ4n) is 3.99. The van der Waals surface area contributed by atoms with Crippen LogP contribution in [0.1, 0.15) is 48.7 Å². The molecule has 1 spiro atoms. The fourth-order valence-corrected chi connectivity index (χ4v) is 3.99. The number of likely N-dealkylation sites (tertiary alicyclic amines) is 1. The molecule has 132 valence electrons. The molecule has 2 fully saturated rings. The average Bonchev–Trinajstić information content (AvgIpc) is 2.94. The number of aromatic nitrogens is 2. The van der Waals surface area contributed by atoms with Crippen molar-refractivity contribution in [1.29, 1.82) is 0 Å². The lowest BCUT2D eigenvalue weighted by molar-refractivity contribution is -0.148. The van der Waals surface area contributed by atoms with Crippen molar-refractivity contribution in [3.63, 3.8) is 0 Å². The molecule has 1 aromatic heterocycles. The normalized spacial score (nSPS) is 22.4. The summed E-state index contributed by atoms with van der Waals surface area (Å²) in [7, 11) is 0. The van der Waals surface area contributed by atoms with Gasteiger partial charge in [0.25, 0.3) is 5.91 Å². The van der Waals surface area contributed by atoms with Crippen molar-refractivity contribution in [3.05, 3.63) is 17.5 Å². The Labute approximate surface area is 142 Å². The summed E-state index contributed by atoms with van der Waals surface area (Å²) in [4.78, 5) is 25.6. The van der Waals surface area contributed by atoms with Crippen LogP contribution in [0.3, 0.4) is 0 Å². The number of amides is 2. The van der Waals surface area contributed by atoms with Crippen molar-refractivity contribution in [3.8, 4) is 0 Å². The molecule has 1 aliphatic carbocycles. The topological polar surface area (TPSA) is 90.4 Å². The van der Waals surface area contributed by atoms with Gasteiger partial charge < -0.3 is 15.4 Å². The van der Waals surface area contributed by atoms with E-state index in [9.17, 15) is 9.59 Å². The van der Waals surface area contributed by atoms with E-state index in [1.165, 1.54) is 0 Å². The minimum atomic E-state index is -0.423. The van der Waals surface area contributed by atoms with E-state index in [4.69, 9.17) is 10.5 Å². The zero-order valence-electron chi connectivity index (χ0n) is 14.5. The van der Waals surface area contributed by atoms with Gasteiger partial charge >= 0.3 is 0 Å². The first kappa shape index (κ1) is 17.0. The Morgan fingerprint density at radius 3 is 2.58 bits per heavy atom. The Kier molecular flexibility index (Phi) is 4.62. The Morgan fingerprint density at radius 2 is 2.08 bits per heavy atom. The number of nitrogens with two attached hydrogens (primary N) is 1. The van der Waals surface area contributed by atoms with Crippen molar-refractivity contribution in [2.45, 2.75) is 52.2 Å². The van der Waals surface area contributed by atoms with Crippen molar-refractivity contribution < 1.29 is 14.3 Å². The van der Waals surface area contributed by atoms with Gasteiger partial charge in [0.1, 0.15) is 6.61 Å². The second kappa shape index (κ2) is 6.55. The van der Waals surface area contributed by atoms with Gasteiger partial charge in [0.2, 0.25) is 5.91 Å². The number of ether oxygens (including phenoxy) is 1. The van der Waals surface area contributed by atoms with E-state index in [1.807, 2.05) is 23.4 Å². The maximum absolute atomic E-state index is 12.7. The van der Waals surface area contributed by atoms with Gasteiger partial charge in [-0.3, -0.25) is 14.3 Å². The molecule has 1 aromatic rings. The molecule has 3 rings (SSSR count). The van der Waals surface area contributed by atoms with Crippen LogP contribution in [0.5, 0.6) is 0 Å². The smallest absolute Gasteiger partial charge is 0.257 e. The summed E-state index contributed by atoms with van der Waals surface area (Å²) in [6, 6.07) is 0. The molecule has 7 heteroatoms. The van der Waals surface area contributed by atoms with Gasteiger partial charge in [0.15, 0.2) is 0 Å². The minimum absolute atomic E-state index is 0.00947. The molecular weight excluding hydrogens is 308 g/mol. The van der Waals surface area contributed by atoms with Crippen LogP contribution in [0.15, 0.2) is 6.20 Å². The maximum atomic E-state index is 12.7. The standard InChI is InChI=1S/C17H26N4O3/c1-3-21-12(2)13(10-19-21)16(23)20-8-6-17(7-9-20)5-4-14(17)24-11-15(18)22/h10,14H,3-9,11H2,1-2H3,(H2,18,22). The molecule has 7 nitrogen and oxygen atoms in total. The quantitative estimate of drug-likeness (QED) is 0.873. The van der Waals surface area contributed by atoms with E-state index in [1.54, 1.807) is 6.20 Å². The summed E-state index contributed by atoms with van der Waals surface area (Å²) in [6.45, 7) is 6.17. The highest BCUT2D eigenvalue weighted by atomic mass is 16.5. The summed E-state index contributed by atoms with van der Waals surface area (Å²) in [6.07, 6.45) is 5.70. The number of hydrogen-bond donors (Lipinski definition) is 1. The van der Waals surface area contributed by atoms with E-state index in [0.717, 1.165) is 51.0 Å². The number of hydrogen-bond acceptors (Lipinski definition) is 4. The zero-order valence-corrected chi connectivity index (χ0v) is 14.5. The van der Waals surface area contributed by atoms with E-state index >= 15 is 0 Å². The Bertz CT molecular complexity index is 632. The molecule has 0 bridgehead atoms. The third-order valence-corrected chi connectivity index (χ3v) is 5.69. The van der Waals surface area contributed by atoms with Crippen LogP contribution in [-0.4, -0.2) is 52.3 Å². The minimum Gasteiger partial charge on any atom is -0.368 e. The molecule has 1 saturated carbocycles. The van der Waals surface area contributed by atoms with Gasteiger partial charge in [-0.25, -0.2) is 0 Å². The van der Waals surface area contributed by atoms with Gasteiger partial charge in [0.05, 0.1) is 17.9 Å². The molecule has 2 heterocycles. The van der Waals surface area contributed by atoms with Gasteiger partial charge in [-0.15, -0.1) is 0 Å².